The van der Waals surface area contributed by atoms with Crippen molar-refractivity contribution in [3.8, 4) is 17.2 Å². The van der Waals surface area contributed by atoms with Crippen molar-refractivity contribution in [2.75, 3.05) is 4.90 Å². The van der Waals surface area contributed by atoms with Crippen LogP contribution in [0.2, 0.25) is 0 Å². The number of carboxylic acids is 1. The van der Waals surface area contributed by atoms with E-state index in [1.807, 2.05) is 12.1 Å². The second-order valence-corrected chi connectivity index (χ2v) is 7.98. The predicted octanol–water partition coefficient (Wildman–Crippen LogP) is 7.15. The number of aryl methyl sites for hydroxylation is 1. The molecular formula is C29H20N2O2. The third kappa shape index (κ3) is 3.56. The zero-order valence-electron chi connectivity index (χ0n) is 18.0. The molecule has 0 saturated heterocycles. The molecule has 0 aliphatic carbocycles. The van der Waals surface area contributed by atoms with Crippen LogP contribution in [0.3, 0.4) is 0 Å². The Hall–Kier alpha value is -4.62. The van der Waals surface area contributed by atoms with Crippen molar-refractivity contribution in [1.29, 1.82) is 5.26 Å². The Bertz CT molecular complexity index is 1500. The minimum absolute atomic E-state index is 0.298. The first-order chi connectivity index (χ1) is 16.1. The Balaban J connectivity index is 1.70. The van der Waals surface area contributed by atoms with Gasteiger partial charge in [-0.1, -0.05) is 66.2 Å². The second kappa shape index (κ2) is 8.14. The summed E-state index contributed by atoms with van der Waals surface area (Å²) in [6, 6.07) is 29.1. The van der Waals surface area contributed by atoms with E-state index >= 15 is 0 Å². The number of fused-ring (bicyclic) bond motifs is 2. The van der Waals surface area contributed by atoms with Gasteiger partial charge in [0.15, 0.2) is 0 Å². The zero-order valence-corrected chi connectivity index (χ0v) is 18.0. The summed E-state index contributed by atoms with van der Waals surface area (Å²) in [5.41, 5.74) is 7.42. The van der Waals surface area contributed by atoms with E-state index in [0.29, 0.717) is 0 Å². The van der Waals surface area contributed by atoms with E-state index in [4.69, 9.17) is 10.4 Å². The van der Waals surface area contributed by atoms with E-state index in [1.54, 1.807) is 12.1 Å². The third-order valence-electron chi connectivity index (χ3n) is 5.87. The van der Waals surface area contributed by atoms with Gasteiger partial charge in [0.1, 0.15) is 11.6 Å². The Labute approximate surface area is 192 Å². The van der Waals surface area contributed by atoms with Gasteiger partial charge in [-0.25, -0.2) is 4.79 Å². The summed E-state index contributed by atoms with van der Waals surface area (Å²) >= 11 is 0. The lowest BCUT2D eigenvalue weighted by molar-refractivity contribution is -0.132. The standard InChI is InChI=1S/C29H20N2O2/c1-19-11-14-23(15-12-19)31-26-16-13-20(5-2-8-22(18-30)29(32)33)17-25(26)24-9-3-6-21-7-4-10-27(31)28(21)24/h2-17H,1H3,(H,32,33)/b5-2+,22-8+. The summed E-state index contributed by atoms with van der Waals surface area (Å²) in [6.07, 6.45) is 4.73. The number of hydrogen-bond acceptors (Lipinski definition) is 3. The van der Waals surface area contributed by atoms with Crippen LogP contribution in [0.25, 0.3) is 28.0 Å². The van der Waals surface area contributed by atoms with Crippen molar-refractivity contribution < 1.29 is 9.90 Å². The van der Waals surface area contributed by atoms with E-state index < -0.39 is 5.97 Å². The van der Waals surface area contributed by atoms with Gasteiger partial charge in [0, 0.05) is 16.6 Å². The lowest BCUT2D eigenvalue weighted by atomic mass is 9.89. The lowest BCUT2D eigenvalue weighted by Crippen LogP contribution is -2.15. The van der Waals surface area contributed by atoms with E-state index in [-0.39, 0.29) is 5.57 Å². The van der Waals surface area contributed by atoms with E-state index in [0.717, 1.165) is 33.8 Å². The highest BCUT2D eigenvalue weighted by molar-refractivity contribution is 6.13. The molecule has 0 spiro atoms. The average molecular weight is 428 g/mol. The predicted molar refractivity (Wildman–Crippen MR) is 133 cm³/mol. The maximum absolute atomic E-state index is 11.0. The molecule has 0 aromatic heterocycles. The number of nitrogens with zero attached hydrogens (tertiary/aromatic N) is 2. The Kier molecular flexibility index (Phi) is 5.01. The van der Waals surface area contributed by atoms with Gasteiger partial charge in [-0.15, -0.1) is 0 Å². The van der Waals surface area contributed by atoms with E-state index in [2.05, 4.69) is 84.6 Å². The molecule has 33 heavy (non-hydrogen) atoms. The van der Waals surface area contributed by atoms with Crippen LogP contribution in [-0.4, -0.2) is 11.1 Å². The fourth-order valence-electron chi connectivity index (χ4n) is 4.31. The first-order valence-corrected chi connectivity index (χ1v) is 10.6. The van der Waals surface area contributed by atoms with Crippen LogP contribution in [0.15, 0.2) is 96.6 Å². The number of hydrogen-bond donors (Lipinski definition) is 1. The molecular weight excluding hydrogens is 408 g/mol. The largest absolute Gasteiger partial charge is 0.477 e. The maximum atomic E-state index is 11.0. The Morgan fingerprint density at radius 3 is 2.42 bits per heavy atom. The van der Waals surface area contributed by atoms with Gasteiger partial charge in [-0.3, -0.25) is 0 Å². The molecule has 0 saturated carbocycles. The molecule has 0 unspecified atom stereocenters. The molecule has 0 bridgehead atoms. The number of rotatable bonds is 4. The number of carbonyl (C=O) groups is 1. The minimum Gasteiger partial charge on any atom is -0.477 e. The molecule has 0 amide bonds. The van der Waals surface area contributed by atoms with Crippen LogP contribution in [-0.2, 0) is 4.79 Å². The van der Waals surface area contributed by atoms with E-state index in [1.165, 1.54) is 22.4 Å². The van der Waals surface area contributed by atoms with Crippen molar-refractivity contribution >= 4 is 39.9 Å². The number of aliphatic carboxylic acids is 1. The number of benzene rings is 4. The maximum Gasteiger partial charge on any atom is 0.346 e. The highest BCUT2D eigenvalue weighted by Gasteiger charge is 2.25. The number of anilines is 3. The van der Waals surface area contributed by atoms with Gasteiger partial charge in [0.05, 0.1) is 11.4 Å². The minimum atomic E-state index is -1.23. The van der Waals surface area contributed by atoms with Crippen LogP contribution in [0.4, 0.5) is 17.1 Å². The molecule has 4 heteroatoms. The van der Waals surface area contributed by atoms with Crippen LogP contribution >= 0.6 is 0 Å². The molecule has 0 fully saturated rings. The molecule has 0 atom stereocenters. The number of nitriles is 1. The highest BCUT2D eigenvalue weighted by Crippen LogP contribution is 2.50. The SMILES string of the molecule is Cc1ccc(N2c3ccc(/C=C/C=C(\C#N)C(=O)O)cc3-c3cccc4cccc2c34)cc1. The Morgan fingerprint density at radius 1 is 0.939 bits per heavy atom. The van der Waals surface area contributed by atoms with Gasteiger partial charge in [0.2, 0.25) is 0 Å². The van der Waals surface area contributed by atoms with Crippen molar-refractivity contribution in [2.45, 2.75) is 6.92 Å². The van der Waals surface area contributed by atoms with Gasteiger partial charge in [-0.05, 0) is 59.8 Å². The quantitative estimate of drug-likeness (QED) is 0.188. The fraction of sp³-hybridized carbons (Fsp3) is 0.0345. The molecule has 4 aromatic rings. The molecule has 1 aliphatic heterocycles. The summed E-state index contributed by atoms with van der Waals surface area (Å²) in [7, 11) is 0. The van der Waals surface area contributed by atoms with Gasteiger partial charge < -0.3 is 10.0 Å². The fourth-order valence-corrected chi connectivity index (χ4v) is 4.31. The summed E-state index contributed by atoms with van der Waals surface area (Å²) in [6.45, 7) is 2.08. The third-order valence-corrected chi connectivity index (χ3v) is 5.87. The monoisotopic (exact) mass is 428 g/mol. The van der Waals surface area contributed by atoms with Crippen LogP contribution in [0.5, 0.6) is 0 Å². The van der Waals surface area contributed by atoms with Crippen molar-refractivity contribution in [3.05, 3.63) is 108 Å². The van der Waals surface area contributed by atoms with Gasteiger partial charge in [-0.2, -0.15) is 5.26 Å². The first kappa shape index (κ1) is 20.3. The normalized spacial score (nSPS) is 12.6. The van der Waals surface area contributed by atoms with Crippen LogP contribution in [0.1, 0.15) is 11.1 Å². The molecule has 1 heterocycles. The Morgan fingerprint density at radius 2 is 1.70 bits per heavy atom. The number of allylic oxidation sites excluding steroid dienone is 2. The summed E-state index contributed by atoms with van der Waals surface area (Å²) in [5, 5.41) is 20.4. The lowest BCUT2D eigenvalue weighted by Gasteiger charge is -2.33. The van der Waals surface area contributed by atoms with Crippen molar-refractivity contribution in [1.82, 2.24) is 0 Å². The number of carboxylic acid groups (broad SMARTS) is 1. The molecule has 158 valence electrons. The van der Waals surface area contributed by atoms with Crippen LogP contribution in [0, 0.1) is 18.3 Å². The molecule has 5 rings (SSSR count). The van der Waals surface area contributed by atoms with Gasteiger partial charge in [0.25, 0.3) is 0 Å². The zero-order chi connectivity index (χ0) is 22.9. The smallest absolute Gasteiger partial charge is 0.346 e. The summed E-state index contributed by atoms with van der Waals surface area (Å²) in [5.74, 6) is -1.23. The average Bonchev–Trinajstić information content (AvgIpc) is 2.83. The summed E-state index contributed by atoms with van der Waals surface area (Å²) < 4.78 is 0. The topological polar surface area (TPSA) is 64.3 Å². The second-order valence-electron chi connectivity index (χ2n) is 7.98. The van der Waals surface area contributed by atoms with Gasteiger partial charge >= 0.3 is 5.97 Å². The molecule has 1 N–H and O–H groups in total. The molecule has 4 nitrogen and oxygen atoms in total. The van der Waals surface area contributed by atoms with E-state index in [9.17, 15) is 4.79 Å². The molecule has 1 aliphatic rings. The molecule has 0 radical (unpaired) electrons. The highest BCUT2D eigenvalue weighted by atomic mass is 16.4. The molecule has 4 aromatic carbocycles. The van der Waals surface area contributed by atoms with Crippen LogP contribution < -0.4 is 4.90 Å². The van der Waals surface area contributed by atoms with Crippen molar-refractivity contribution in [2.24, 2.45) is 0 Å². The van der Waals surface area contributed by atoms with Crippen molar-refractivity contribution in [3.63, 3.8) is 0 Å². The first-order valence-electron chi connectivity index (χ1n) is 10.6. The summed E-state index contributed by atoms with van der Waals surface area (Å²) in [4.78, 5) is 13.3.